The van der Waals surface area contributed by atoms with Gasteiger partial charge in [0.1, 0.15) is 6.04 Å². The number of carbonyl (C=O) groups excluding carboxylic acids is 3. The third-order valence-corrected chi connectivity index (χ3v) is 5.63. The number of hydrogen-bond acceptors (Lipinski definition) is 6. The van der Waals surface area contributed by atoms with Crippen molar-refractivity contribution in [1.82, 2.24) is 20.9 Å². The molecule has 0 aliphatic carbocycles. The minimum atomic E-state index is -0.583. The fraction of sp³-hybridized carbons (Fsp3) is 0.526. The first-order valence-electron chi connectivity index (χ1n) is 9.39. The largest absolute Gasteiger partial charge is 0.391 e. The highest BCUT2D eigenvalue weighted by molar-refractivity contribution is 6.05. The van der Waals surface area contributed by atoms with E-state index in [1.165, 1.54) is 0 Å². The minimum Gasteiger partial charge on any atom is -0.391 e. The molecule has 1 aromatic rings. The van der Waals surface area contributed by atoms with Crippen molar-refractivity contribution in [3.63, 3.8) is 0 Å². The first kappa shape index (κ1) is 18.1. The number of aliphatic hydroxyl groups is 1. The summed E-state index contributed by atoms with van der Waals surface area (Å²) in [6.07, 6.45) is 0.321. The molecule has 1 aromatic carbocycles. The van der Waals surface area contributed by atoms with Gasteiger partial charge in [-0.2, -0.15) is 0 Å². The Morgan fingerprint density at radius 1 is 1.22 bits per heavy atom. The normalized spacial score (nSPS) is 27.8. The summed E-state index contributed by atoms with van der Waals surface area (Å²) in [5.74, 6) is -0.613. The highest BCUT2D eigenvalue weighted by Crippen LogP contribution is 2.28. The second-order valence-electron chi connectivity index (χ2n) is 7.51. The number of carbonyl (C=O) groups is 3. The molecule has 3 heterocycles. The highest BCUT2D eigenvalue weighted by atomic mass is 16.3. The zero-order valence-corrected chi connectivity index (χ0v) is 15.0. The second-order valence-corrected chi connectivity index (χ2v) is 7.51. The van der Waals surface area contributed by atoms with Crippen LogP contribution in [0.25, 0.3) is 0 Å². The zero-order chi connectivity index (χ0) is 19.0. The molecule has 0 aromatic heterocycles. The Bertz CT molecular complexity index is 781. The maximum atomic E-state index is 12.7. The van der Waals surface area contributed by atoms with E-state index in [4.69, 9.17) is 0 Å². The lowest BCUT2D eigenvalue weighted by molar-refractivity contribution is -0.136. The Balaban J connectivity index is 1.38. The van der Waals surface area contributed by atoms with Crippen LogP contribution in [-0.4, -0.2) is 59.5 Å². The summed E-state index contributed by atoms with van der Waals surface area (Å²) in [5.41, 5.74) is 2.59. The van der Waals surface area contributed by atoms with Crippen LogP contribution in [0.5, 0.6) is 0 Å². The Kier molecular flexibility index (Phi) is 4.94. The van der Waals surface area contributed by atoms with Crippen molar-refractivity contribution in [2.75, 3.05) is 19.6 Å². The summed E-state index contributed by atoms with van der Waals surface area (Å²) in [5, 5.41) is 18.7. The first-order chi connectivity index (χ1) is 13.0. The van der Waals surface area contributed by atoms with Crippen LogP contribution in [0.3, 0.4) is 0 Å². The molecule has 144 valence electrons. The van der Waals surface area contributed by atoms with Gasteiger partial charge < -0.3 is 20.6 Å². The fourth-order valence-electron chi connectivity index (χ4n) is 4.07. The summed E-state index contributed by atoms with van der Waals surface area (Å²) in [6.45, 7) is 3.23. The zero-order valence-electron chi connectivity index (χ0n) is 15.0. The van der Waals surface area contributed by atoms with Crippen LogP contribution < -0.4 is 16.0 Å². The predicted molar refractivity (Wildman–Crippen MR) is 96.6 cm³/mol. The number of β-amino-alcohol motifs (C(OH)–C–C–N with tert-alkyl or cyclic N) is 1. The maximum absolute atomic E-state index is 12.7. The van der Waals surface area contributed by atoms with Gasteiger partial charge in [0.2, 0.25) is 11.8 Å². The molecule has 4 N–H and O–H groups in total. The Hall–Kier alpha value is -2.29. The molecule has 3 aliphatic rings. The third-order valence-electron chi connectivity index (χ3n) is 5.63. The monoisotopic (exact) mass is 372 g/mol. The summed E-state index contributed by atoms with van der Waals surface area (Å²) in [7, 11) is 0. The molecule has 0 radical (unpaired) electrons. The molecule has 0 saturated carbocycles. The number of fused-ring (bicyclic) bond motifs is 1. The molecule has 0 spiro atoms. The van der Waals surface area contributed by atoms with Gasteiger partial charge in [-0.05, 0) is 23.6 Å². The van der Waals surface area contributed by atoms with Crippen molar-refractivity contribution in [3.8, 4) is 0 Å². The number of piperidine rings is 1. The number of benzene rings is 1. The number of rotatable bonds is 5. The van der Waals surface area contributed by atoms with E-state index >= 15 is 0 Å². The number of nitrogens with one attached hydrogen (secondary N) is 3. The number of imide groups is 1. The Labute approximate surface area is 157 Å². The van der Waals surface area contributed by atoms with Crippen LogP contribution in [0.4, 0.5) is 0 Å². The van der Waals surface area contributed by atoms with Crippen molar-refractivity contribution < 1.29 is 19.5 Å². The number of nitrogens with zero attached hydrogens (tertiary/aromatic N) is 1. The van der Waals surface area contributed by atoms with Gasteiger partial charge in [0.25, 0.3) is 5.91 Å². The smallest absolute Gasteiger partial charge is 0.255 e. The van der Waals surface area contributed by atoms with E-state index in [0.29, 0.717) is 31.6 Å². The average molecular weight is 372 g/mol. The predicted octanol–water partition coefficient (Wildman–Crippen LogP) is -0.882. The van der Waals surface area contributed by atoms with E-state index in [2.05, 4.69) is 16.0 Å². The van der Waals surface area contributed by atoms with Crippen LogP contribution in [0.15, 0.2) is 18.2 Å². The quantitative estimate of drug-likeness (QED) is 0.500. The molecule has 3 atom stereocenters. The molecule has 0 bridgehead atoms. The van der Waals surface area contributed by atoms with Gasteiger partial charge in [-0.25, -0.2) is 0 Å². The topological polar surface area (TPSA) is 111 Å². The summed E-state index contributed by atoms with van der Waals surface area (Å²) < 4.78 is 0. The molecule has 8 nitrogen and oxygen atoms in total. The highest BCUT2D eigenvalue weighted by Gasteiger charge is 2.39. The third kappa shape index (κ3) is 3.60. The lowest BCUT2D eigenvalue weighted by Crippen LogP contribution is -2.52. The van der Waals surface area contributed by atoms with Gasteiger partial charge in [-0.1, -0.05) is 12.1 Å². The molecule has 2 fully saturated rings. The number of aliphatic hydroxyl groups excluding tert-OH is 1. The van der Waals surface area contributed by atoms with Crippen LogP contribution in [-0.2, 0) is 22.7 Å². The van der Waals surface area contributed by atoms with Gasteiger partial charge in [0.15, 0.2) is 0 Å². The molecular formula is C19H24N4O4. The van der Waals surface area contributed by atoms with Gasteiger partial charge in [-0.15, -0.1) is 0 Å². The van der Waals surface area contributed by atoms with E-state index in [0.717, 1.165) is 24.2 Å². The summed E-state index contributed by atoms with van der Waals surface area (Å²) in [4.78, 5) is 37.6. The van der Waals surface area contributed by atoms with Gasteiger partial charge >= 0.3 is 0 Å². The number of amides is 3. The van der Waals surface area contributed by atoms with E-state index in [1.54, 1.807) is 4.90 Å². The molecule has 1 unspecified atom stereocenters. The molecular weight excluding hydrogens is 348 g/mol. The summed E-state index contributed by atoms with van der Waals surface area (Å²) in [6, 6.07) is 5.14. The average Bonchev–Trinajstić information content (AvgIpc) is 3.19. The fourth-order valence-corrected chi connectivity index (χ4v) is 4.07. The second kappa shape index (κ2) is 7.38. The van der Waals surface area contributed by atoms with Gasteiger partial charge in [0, 0.05) is 50.6 Å². The van der Waals surface area contributed by atoms with Crippen molar-refractivity contribution in [3.05, 3.63) is 34.9 Å². The molecule has 3 aliphatic heterocycles. The number of hydrogen-bond donors (Lipinski definition) is 4. The van der Waals surface area contributed by atoms with Gasteiger partial charge in [-0.3, -0.25) is 19.7 Å². The minimum absolute atomic E-state index is 0.154. The molecule has 4 rings (SSSR count). The van der Waals surface area contributed by atoms with Crippen LogP contribution in [0, 0.1) is 5.92 Å². The standard InChI is InChI=1S/C19H24N4O4/c24-16-9-21-8-13(16)7-20-6-11-1-2-14-12(5-11)10-23(19(14)27)15-3-4-17(25)22-18(15)26/h1-2,5,13,15-16,20-21,24H,3-4,6-10H2,(H,22,25,26)/t13-,15?,16+/m0/s1. The van der Waals surface area contributed by atoms with Crippen LogP contribution in [0.1, 0.15) is 34.3 Å². The SMILES string of the molecule is O=C1CCC(N2Cc3cc(CNC[C@H]4CNC[C@H]4O)ccc3C2=O)C(=O)N1. The maximum Gasteiger partial charge on any atom is 0.255 e. The molecule has 3 amide bonds. The summed E-state index contributed by atoms with van der Waals surface area (Å²) >= 11 is 0. The lowest BCUT2D eigenvalue weighted by Gasteiger charge is -2.29. The van der Waals surface area contributed by atoms with E-state index in [9.17, 15) is 19.5 Å². The van der Waals surface area contributed by atoms with E-state index in [1.807, 2.05) is 18.2 Å². The Morgan fingerprint density at radius 2 is 2.07 bits per heavy atom. The van der Waals surface area contributed by atoms with E-state index < -0.39 is 11.9 Å². The molecule has 27 heavy (non-hydrogen) atoms. The lowest BCUT2D eigenvalue weighted by atomic mass is 10.0. The van der Waals surface area contributed by atoms with E-state index in [-0.39, 0.29) is 30.3 Å². The molecule has 8 heteroatoms. The first-order valence-corrected chi connectivity index (χ1v) is 9.39. The van der Waals surface area contributed by atoms with Crippen LogP contribution in [0.2, 0.25) is 0 Å². The van der Waals surface area contributed by atoms with Crippen LogP contribution >= 0.6 is 0 Å². The van der Waals surface area contributed by atoms with Crippen molar-refractivity contribution in [2.45, 2.75) is 38.1 Å². The van der Waals surface area contributed by atoms with Crippen molar-refractivity contribution >= 4 is 17.7 Å². The Morgan fingerprint density at radius 3 is 2.81 bits per heavy atom. The molecule has 2 saturated heterocycles. The van der Waals surface area contributed by atoms with Crippen molar-refractivity contribution in [2.24, 2.45) is 5.92 Å². The van der Waals surface area contributed by atoms with Gasteiger partial charge in [0.05, 0.1) is 6.10 Å². The van der Waals surface area contributed by atoms with Crippen molar-refractivity contribution in [1.29, 1.82) is 0 Å².